The standard InChI is InChI=1S/C11H13F3N2/c12-11(13,14)8-3-4-10(9(15)5-8)16-6-7-1-2-7/h3-5,7,16H,1-2,6,15H2. The molecule has 16 heavy (non-hydrogen) atoms. The van der Waals surface area contributed by atoms with E-state index in [1.165, 1.54) is 18.9 Å². The number of nitrogen functional groups attached to an aromatic ring is 1. The van der Waals surface area contributed by atoms with Crippen molar-refractivity contribution in [2.75, 3.05) is 17.6 Å². The zero-order valence-corrected chi connectivity index (χ0v) is 8.64. The van der Waals surface area contributed by atoms with Gasteiger partial charge in [0.1, 0.15) is 0 Å². The SMILES string of the molecule is Nc1cc(C(F)(F)F)ccc1NCC1CC1. The first-order valence-corrected chi connectivity index (χ1v) is 5.17. The third-order valence-corrected chi connectivity index (χ3v) is 2.66. The zero-order valence-electron chi connectivity index (χ0n) is 8.64. The average Bonchev–Trinajstić information content (AvgIpc) is 2.98. The van der Waals surface area contributed by atoms with Gasteiger partial charge in [0.15, 0.2) is 0 Å². The Morgan fingerprint density at radius 2 is 2.00 bits per heavy atom. The van der Waals surface area contributed by atoms with Crippen molar-refractivity contribution in [3.05, 3.63) is 23.8 Å². The van der Waals surface area contributed by atoms with E-state index in [0.29, 0.717) is 11.6 Å². The highest BCUT2D eigenvalue weighted by Crippen LogP contribution is 2.34. The molecule has 1 aliphatic carbocycles. The van der Waals surface area contributed by atoms with Crippen LogP contribution >= 0.6 is 0 Å². The number of benzene rings is 1. The Bertz CT molecular complexity index is 383. The molecule has 5 heteroatoms. The Morgan fingerprint density at radius 1 is 1.31 bits per heavy atom. The number of anilines is 2. The maximum Gasteiger partial charge on any atom is 0.416 e. The zero-order chi connectivity index (χ0) is 11.8. The predicted octanol–water partition coefficient (Wildman–Crippen LogP) is 3.11. The lowest BCUT2D eigenvalue weighted by Crippen LogP contribution is -2.09. The summed E-state index contributed by atoms with van der Waals surface area (Å²) in [7, 11) is 0. The molecule has 0 amide bonds. The first kappa shape index (κ1) is 11.1. The predicted molar refractivity (Wildman–Crippen MR) is 57.1 cm³/mol. The van der Waals surface area contributed by atoms with E-state index in [4.69, 9.17) is 5.73 Å². The fourth-order valence-electron chi connectivity index (χ4n) is 1.48. The quantitative estimate of drug-likeness (QED) is 0.783. The highest BCUT2D eigenvalue weighted by molar-refractivity contribution is 5.67. The van der Waals surface area contributed by atoms with Crippen molar-refractivity contribution in [3.8, 4) is 0 Å². The molecule has 1 fully saturated rings. The molecule has 2 rings (SSSR count). The van der Waals surface area contributed by atoms with Crippen LogP contribution in [0.4, 0.5) is 24.5 Å². The van der Waals surface area contributed by atoms with Crippen molar-refractivity contribution in [2.45, 2.75) is 19.0 Å². The summed E-state index contributed by atoms with van der Waals surface area (Å²) in [6.45, 7) is 0.787. The van der Waals surface area contributed by atoms with E-state index in [2.05, 4.69) is 5.32 Å². The van der Waals surface area contributed by atoms with Crippen LogP contribution < -0.4 is 11.1 Å². The van der Waals surface area contributed by atoms with Crippen molar-refractivity contribution in [3.63, 3.8) is 0 Å². The third kappa shape index (κ3) is 2.59. The summed E-state index contributed by atoms with van der Waals surface area (Å²) >= 11 is 0. The Hall–Kier alpha value is -1.39. The monoisotopic (exact) mass is 230 g/mol. The molecule has 0 unspecified atom stereocenters. The van der Waals surface area contributed by atoms with Crippen LogP contribution in [0.1, 0.15) is 18.4 Å². The van der Waals surface area contributed by atoms with Gasteiger partial charge in [-0.05, 0) is 37.0 Å². The van der Waals surface area contributed by atoms with Gasteiger partial charge in [-0.2, -0.15) is 13.2 Å². The van der Waals surface area contributed by atoms with Crippen LogP contribution in [0.3, 0.4) is 0 Å². The molecule has 0 atom stereocenters. The summed E-state index contributed by atoms with van der Waals surface area (Å²) in [5.41, 5.74) is 5.59. The lowest BCUT2D eigenvalue weighted by atomic mass is 10.1. The lowest BCUT2D eigenvalue weighted by molar-refractivity contribution is -0.137. The van der Waals surface area contributed by atoms with Crippen molar-refractivity contribution in [1.29, 1.82) is 0 Å². The number of hydrogen-bond donors (Lipinski definition) is 2. The van der Waals surface area contributed by atoms with Gasteiger partial charge in [0.05, 0.1) is 16.9 Å². The second-order valence-electron chi connectivity index (χ2n) is 4.12. The lowest BCUT2D eigenvalue weighted by Gasteiger charge is -2.12. The molecule has 0 bridgehead atoms. The van der Waals surface area contributed by atoms with Crippen molar-refractivity contribution >= 4 is 11.4 Å². The van der Waals surface area contributed by atoms with Crippen LogP contribution in [0.25, 0.3) is 0 Å². The molecule has 0 radical (unpaired) electrons. The number of nitrogens with two attached hydrogens (primary N) is 1. The molecule has 1 aromatic rings. The van der Waals surface area contributed by atoms with E-state index in [-0.39, 0.29) is 5.69 Å². The van der Waals surface area contributed by atoms with Gasteiger partial charge >= 0.3 is 6.18 Å². The molecular weight excluding hydrogens is 217 g/mol. The van der Waals surface area contributed by atoms with Crippen LogP contribution in [0.15, 0.2) is 18.2 Å². The van der Waals surface area contributed by atoms with Gasteiger partial charge in [-0.1, -0.05) is 0 Å². The molecule has 1 saturated carbocycles. The molecule has 0 saturated heterocycles. The highest BCUT2D eigenvalue weighted by atomic mass is 19.4. The van der Waals surface area contributed by atoms with Gasteiger partial charge in [0.2, 0.25) is 0 Å². The average molecular weight is 230 g/mol. The van der Waals surface area contributed by atoms with Crippen molar-refractivity contribution in [1.82, 2.24) is 0 Å². The first-order valence-electron chi connectivity index (χ1n) is 5.17. The molecule has 1 aliphatic rings. The maximum absolute atomic E-state index is 12.3. The molecule has 0 heterocycles. The Balaban J connectivity index is 2.09. The van der Waals surface area contributed by atoms with Gasteiger partial charge < -0.3 is 11.1 Å². The number of rotatable bonds is 3. The second kappa shape index (κ2) is 3.88. The van der Waals surface area contributed by atoms with Crippen LogP contribution in [-0.2, 0) is 6.18 Å². The largest absolute Gasteiger partial charge is 0.416 e. The number of nitrogens with one attached hydrogen (secondary N) is 1. The summed E-state index contributed by atoms with van der Waals surface area (Å²) in [6, 6.07) is 3.40. The summed E-state index contributed by atoms with van der Waals surface area (Å²) in [4.78, 5) is 0. The number of halogens is 3. The van der Waals surface area contributed by atoms with Gasteiger partial charge in [0.25, 0.3) is 0 Å². The van der Waals surface area contributed by atoms with Gasteiger partial charge in [0, 0.05) is 6.54 Å². The first-order chi connectivity index (χ1) is 7.47. The summed E-state index contributed by atoms with van der Waals surface area (Å²) in [6.07, 6.45) is -1.95. The van der Waals surface area contributed by atoms with Gasteiger partial charge in [-0.15, -0.1) is 0 Å². The van der Waals surface area contributed by atoms with Crippen LogP contribution in [0.5, 0.6) is 0 Å². The Morgan fingerprint density at radius 3 is 2.50 bits per heavy atom. The number of alkyl halides is 3. The summed E-state index contributed by atoms with van der Waals surface area (Å²) in [5, 5.41) is 3.06. The van der Waals surface area contributed by atoms with E-state index in [1.54, 1.807) is 0 Å². The molecule has 0 aliphatic heterocycles. The van der Waals surface area contributed by atoms with Crippen LogP contribution in [-0.4, -0.2) is 6.54 Å². The summed E-state index contributed by atoms with van der Waals surface area (Å²) in [5.74, 6) is 0.654. The number of hydrogen-bond acceptors (Lipinski definition) is 2. The van der Waals surface area contributed by atoms with E-state index in [0.717, 1.165) is 18.7 Å². The van der Waals surface area contributed by atoms with Crippen LogP contribution in [0, 0.1) is 5.92 Å². The summed E-state index contributed by atoms with van der Waals surface area (Å²) < 4.78 is 37.0. The van der Waals surface area contributed by atoms with E-state index >= 15 is 0 Å². The fourth-order valence-corrected chi connectivity index (χ4v) is 1.48. The van der Waals surface area contributed by atoms with E-state index < -0.39 is 11.7 Å². The molecule has 1 aromatic carbocycles. The third-order valence-electron chi connectivity index (χ3n) is 2.66. The molecular formula is C11H13F3N2. The maximum atomic E-state index is 12.3. The van der Waals surface area contributed by atoms with E-state index in [9.17, 15) is 13.2 Å². The normalized spacial score (nSPS) is 16.2. The molecule has 0 aromatic heterocycles. The molecule has 88 valence electrons. The molecule has 0 spiro atoms. The molecule has 3 N–H and O–H groups in total. The van der Waals surface area contributed by atoms with Crippen molar-refractivity contribution in [2.24, 2.45) is 5.92 Å². The topological polar surface area (TPSA) is 38.0 Å². The highest BCUT2D eigenvalue weighted by Gasteiger charge is 2.30. The van der Waals surface area contributed by atoms with E-state index in [1.807, 2.05) is 0 Å². The fraction of sp³-hybridized carbons (Fsp3) is 0.455. The van der Waals surface area contributed by atoms with Crippen LogP contribution in [0.2, 0.25) is 0 Å². The minimum absolute atomic E-state index is 0.149. The second-order valence-corrected chi connectivity index (χ2v) is 4.12. The van der Waals surface area contributed by atoms with Gasteiger partial charge in [-0.25, -0.2) is 0 Å². The Kier molecular flexibility index (Phi) is 2.69. The molecule has 2 nitrogen and oxygen atoms in total. The smallest absolute Gasteiger partial charge is 0.397 e. The van der Waals surface area contributed by atoms with Gasteiger partial charge in [-0.3, -0.25) is 0 Å². The van der Waals surface area contributed by atoms with Crippen molar-refractivity contribution < 1.29 is 13.2 Å². The minimum atomic E-state index is -4.33. The Labute approximate surface area is 91.6 Å². The minimum Gasteiger partial charge on any atom is -0.397 e.